The van der Waals surface area contributed by atoms with Crippen molar-refractivity contribution in [3.63, 3.8) is 0 Å². The molecule has 7 heteroatoms. The van der Waals surface area contributed by atoms with E-state index in [1.807, 2.05) is 48.5 Å². The molecule has 0 aliphatic rings. The Morgan fingerprint density at radius 2 is 1.81 bits per heavy atom. The Balaban J connectivity index is 1.69. The molecule has 2 aromatic carbocycles. The van der Waals surface area contributed by atoms with E-state index in [0.29, 0.717) is 11.5 Å². The maximum atomic E-state index is 12.2. The number of nitrogens with zero attached hydrogens (tertiary/aromatic N) is 3. The molecular weight excluding hydrogens is 406 g/mol. The summed E-state index contributed by atoms with van der Waals surface area (Å²) in [5.41, 5.74) is 8.36. The molecule has 0 saturated heterocycles. The van der Waals surface area contributed by atoms with Crippen molar-refractivity contribution in [1.29, 1.82) is 0 Å². The highest BCUT2D eigenvalue weighted by atomic mass is 79.9. The molecule has 0 atom stereocenters. The highest BCUT2D eigenvalue weighted by Gasteiger charge is 2.11. The number of hydrogen-bond donors (Lipinski definition) is 2. The van der Waals surface area contributed by atoms with Gasteiger partial charge in [-0.1, -0.05) is 46.3 Å². The predicted octanol–water partition coefficient (Wildman–Crippen LogP) is 4.21. The summed E-state index contributed by atoms with van der Waals surface area (Å²) < 4.78 is 0.946. The van der Waals surface area contributed by atoms with Crippen molar-refractivity contribution in [2.24, 2.45) is 0 Å². The van der Waals surface area contributed by atoms with Crippen molar-refractivity contribution in [1.82, 2.24) is 20.4 Å². The van der Waals surface area contributed by atoms with Gasteiger partial charge in [-0.3, -0.25) is 20.6 Å². The first kappa shape index (κ1) is 17.1. The second-order valence-corrected chi connectivity index (χ2v) is 6.66. The van der Waals surface area contributed by atoms with E-state index in [1.54, 1.807) is 18.3 Å². The van der Waals surface area contributed by atoms with Crippen LogP contribution in [-0.2, 0) is 0 Å². The molecule has 4 rings (SSSR count). The van der Waals surface area contributed by atoms with Gasteiger partial charge in [0.05, 0.1) is 16.8 Å². The lowest BCUT2D eigenvalue weighted by molar-refractivity contribution is 0.0962. The van der Waals surface area contributed by atoms with Crippen LogP contribution in [0.25, 0.3) is 22.2 Å². The molecule has 0 aliphatic carbocycles. The number of amides is 1. The van der Waals surface area contributed by atoms with Crippen LogP contribution in [0.2, 0.25) is 0 Å². The van der Waals surface area contributed by atoms with Crippen LogP contribution in [0.4, 0.5) is 5.95 Å². The molecule has 27 heavy (non-hydrogen) atoms. The topological polar surface area (TPSA) is 79.8 Å². The molecule has 0 fully saturated rings. The van der Waals surface area contributed by atoms with Gasteiger partial charge in [0.15, 0.2) is 0 Å². The summed E-state index contributed by atoms with van der Waals surface area (Å²) in [5.74, 6) is -0.00946. The van der Waals surface area contributed by atoms with Gasteiger partial charge in [0.25, 0.3) is 5.91 Å². The van der Waals surface area contributed by atoms with Crippen LogP contribution in [-0.4, -0.2) is 20.9 Å². The maximum absolute atomic E-state index is 12.2. The molecule has 2 heterocycles. The van der Waals surface area contributed by atoms with E-state index in [9.17, 15) is 4.79 Å². The number of hydrazine groups is 1. The average Bonchev–Trinajstić information content (AvgIpc) is 2.73. The number of pyridine rings is 1. The normalized spacial score (nSPS) is 10.6. The Hall–Kier alpha value is -3.32. The van der Waals surface area contributed by atoms with Crippen LogP contribution in [0, 0.1) is 0 Å². The van der Waals surface area contributed by atoms with Crippen LogP contribution < -0.4 is 10.9 Å². The van der Waals surface area contributed by atoms with Gasteiger partial charge in [-0.15, -0.1) is 0 Å². The Morgan fingerprint density at radius 3 is 2.59 bits per heavy atom. The lowest BCUT2D eigenvalue weighted by Gasteiger charge is -2.11. The van der Waals surface area contributed by atoms with E-state index in [-0.39, 0.29) is 5.91 Å². The van der Waals surface area contributed by atoms with E-state index in [1.165, 1.54) is 6.20 Å². The van der Waals surface area contributed by atoms with Crippen LogP contribution in [0.15, 0.2) is 77.5 Å². The van der Waals surface area contributed by atoms with Crippen molar-refractivity contribution in [3.05, 3.63) is 83.1 Å². The van der Waals surface area contributed by atoms with Crippen LogP contribution in [0.5, 0.6) is 0 Å². The lowest BCUT2D eigenvalue weighted by Crippen LogP contribution is -2.30. The molecule has 2 N–H and O–H groups in total. The van der Waals surface area contributed by atoms with Crippen molar-refractivity contribution in [2.75, 3.05) is 5.43 Å². The summed E-state index contributed by atoms with van der Waals surface area (Å²) >= 11 is 3.50. The van der Waals surface area contributed by atoms with E-state index >= 15 is 0 Å². The summed E-state index contributed by atoms with van der Waals surface area (Å²) in [7, 11) is 0. The predicted molar refractivity (Wildman–Crippen MR) is 108 cm³/mol. The number of carbonyl (C=O) groups excluding carboxylic acids is 1. The maximum Gasteiger partial charge on any atom is 0.271 e. The van der Waals surface area contributed by atoms with Gasteiger partial charge in [0, 0.05) is 27.8 Å². The molecule has 0 unspecified atom stereocenters. The molecule has 4 aromatic rings. The molecule has 0 saturated carbocycles. The van der Waals surface area contributed by atoms with Crippen molar-refractivity contribution in [3.8, 4) is 11.3 Å². The third-order valence-electron chi connectivity index (χ3n) is 3.92. The third kappa shape index (κ3) is 3.78. The van der Waals surface area contributed by atoms with Crippen LogP contribution >= 0.6 is 15.9 Å². The highest BCUT2D eigenvalue weighted by Crippen LogP contribution is 2.29. The standard InChI is InChI=1S/C20H14BrN5O/c21-15-8-9-17-16(11-15)18(13-5-2-1-3-6-13)24-20(23-17)26-25-19(27)14-7-4-10-22-12-14/h1-12H,(H,25,27)(H,23,24,26). The lowest BCUT2D eigenvalue weighted by atomic mass is 10.1. The molecule has 0 bridgehead atoms. The van der Waals surface area contributed by atoms with E-state index < -0.39 is 0 Å². The summed E-state index contributed by atoms with van der Waals surface area (Å²) in [6.07, 6.45) is 3.10. The number of benzene rings is 2. The highest BCUT2D eigenvalue weighted by molar-refractivity contribution is 9.10. The monoisotopic (exact) mass is 419 g/mol. The second-order valence-electron chi connectivity index (χ2n) is 5.74. The minimum Gasteiger partial charge on any atom is -0.267 e. The van der Waals surface area contributed by atoms with Gasteiger partial charge in [-0.05, 0) is 30.3 Å². The number of carbonyl (C=O) groups is 1. The smallest absolute Gasteiger partial charge is 0.267 e. The van der Waals surface area contributed by atoms with Crippen molar-refractivity contribution < 1.29 is 4.79 Å². The minimum absolute atomic E-state index is 0.306. The summed E-state index contributed by atoms with van der Waals surface area (Å²) in [5, 5.41) is 0.916. The van der Waals surface area contributed by atoms with Crippen molar-refractivity contribution >= 4 is 38.7 Å². The summed E-state index contributed by atoms with van der Waals surface area (Å²) in [6.45, 7) is 0. The van der Waals surface area contributed by atoms with Gasteiger partial charge in [-0.2, -0.15) is 0 Å². The molecule has 6 nitrogen and oxygen atoms in total. The second kappa shape index (κ2) is 7.51. The van der Waals surface area contributed by atoms with Gasteiger partial charge < -0.3 is 0 Å². The van der Waals surface area contributed by atoms with E-state index in [0.717, 1.165) is 26.6 Å². The Bertz CT molecular complexity index is 1100. The Kier molecular flexibility index (Phi) is 4.76. The van der Waals surface area contributed by atoms with Gasteiger partial charge in [0.2, 0.25) is 5.95 Å². The number of rotatable bonds is 4. The zero-order valence-electron chi connectivity index (χ0n) is 14.1. The van der Waals surface area contributed by atoms with Gasteiger partial charge in [0.1, 0.15) is 0 Å². The summed E-state index contributed by atoms with van der Waals surface area (Å²) in [4.78, 5) is 25.2. The number of nitrogens with one attached hydrogen (secondary N) is 2. The molecule has 132 valence electrons. The molecule has 0 spiro atoms. The first-order valence-electron chi connectivity index (χ1n) is 8.20. The molecule has 1 amide bonds. The zero-order chi connectivity index (χ0) is 18.6. The quantitative estimate of drug-likeness (QED) is 0.484. The van der Waals surface area contributed by atoms with Crippen LogP contribution in [0.3, 0.4) is 0 Å². The third-order valence-corrected chi connectivity index (χ3v) is 4.41. The average molecular weight is 420 g/mol. The van der Waals surface area contributed by atoms with E-state index in [4.69, 9.17) is 0 Å². The molecule has 0 aliphatic heterocycles. The number of anilines is 1. The fourth-order valence-corrected chi connectivity index (χ4v) is 3.02. The fourth-order valence-electron chi connectivity index (χ4n) is 2.65. The largest absolute Gasteiger partial charge is 0.271 e. The molecule has 2 aromatic heterocycles. The first-order chi connectivity index (χ1) is 13.2. The zero-order valence-corrected chi connectivity index (χ0v) is 15.6. The number of aromatic nitrogens is 3. The van der Waals surface area contributed by atoms with E-state index in [2.05, 4.69) is 41.7 Å². The molecular formula is C20H14BrN5O. The first-order valence-corrected chi connectivity index (χ1v) is 8.99. The number of halogens is 1. The van der Waals surface area contributed by atoms with Crippen molar-refractivity contribution in [2.45, 2.75) is 0 Å². The number of fused-ring (bicyclic) bond motifs is 1. The Morgan fingerprint density at radius 1 is 0.963 bits per heavy atom. The summed E-state index contributed by atoms with van der Waals surface area (Å²) in [6, 6.07) is 19.0. The van der Waals surface area contributed by atoms with Gasteiger partial charge in [-0.25, -0.2) is 9.97 Å². The fraction of sp³-hybridized carbons (Fsp3) is 0. The van der Waals surface area contributed by atoms with Crippen LogP contribution in [0.1, 0.15) is 10.4 Å². The van der Waals surface area contributed by atoms with Gasteiger partial charge >= 0.3 is 0 Å². The number of hydrogen-bond acceptors (Lipinski definition) is 5. The Labute approximate surface area is 163 Å². The minimum atomic E-state index is -0.316. The SMILES string of the molecule is O=C(NNc1nc(-c2ccccc2)c2cc(Br)ccc2n1)c1cccnc1. The molecule has 0 radical (unpaired) electrons.